The summed E-state index contributed by atoms with van der Waals surface area (Å²) in [5.41, 5.74) is 2.17. The molecule has 1 aliphatic rings. The van der Waals surface area contributed by atoms with Gasteiger partial charge in [-0.2, -0.15) is 5.10 Å². The molecule has 0 aliphatic heterocycles. The van der Waals surface area contributed by atoms with Gasteiger partial charge in [0.05, 0.1) is 28.4 Å². The zero-order valence-electron chi connectivity index (χ0n) is 18.5. The average molecular weight is 477 g/mol. The molecule has 2 aromatic carbocycles. The minimum Gasteiger partial charge on any atom is -0.391 e. The van der Waals surface area contributed by atoms with Gasteiger partial charge >= 0.3 is 0 Å². The van der Waals surface area contributed by atoms with Crippen LogP contribution in [0.5, 0.6) is 0 Å². The van der Waals surface area contributed by atoms with Crippen LogP contribution in [0.25, 0.3) is 16.6 Å². The fraction of sp³-hybridized carbons (Fsp3) is 0.269. The molecule has 8 heteroatoms. The molecule has 0 spiro atoms. The lowest BCUT2D eigenvalue weighted by Gasteiger charge is -2.28. The predicted molar refractivity (Wildman–Crippen MR) is 132 cm³/mol. The summed E-state index contributed by atoms with van der Waals surface area (Å²) in [6.45, 7) is 0.423. The van der Waals surface area contributed by atoms with Crippen LogP contribution in [-0.2, 0) is 6.54 Å². The highest BCUT2D eigenvalue weighted by Crippen LogP contribution is 2.24. The van der Waals surface area contributed by atoms with Crippen molar-refractivity contribution in [2.75, 3.05) is 0 Å². The van der Waals surface area contributed by atoms with E-state index in [2.05, 4.69) is 10.4 Å². The number of benzene rings is 2. The Kier molecular flexibility index (Phi) is 6.22. The Balaban J connectivity index is 1.51. The monoisotopic (exact) mass is 476 g/mol. The molecule has 5 rings (SSSR count). The van der Waals surface area contributed by atoms with Gasteiger partial charge in [0.15, 0.2) is 0 Å². The van der Waals surface area contributed by atoms with Crippen LogP contribution in [0.2, 0.25) is 5.02 Å². The SMILES string of the molecule is O=C(NC1CCCC[C@@H]1O)c1cn(Cc2ccc(-n3cccn3)cc2)c2c(Cl)cccc2c1=O. The van der Waals surface area contributed by atoms with Gasteiger partial charge in [0, 0.05) is 30.5 Å². The first-order valence-electron chi connectivity index (χ1n) is 11.4. The molecule has 7 nitrogen and oxygen atoms in total. The molecular weight excluding hydrogens is 452 g/mol. The molecule has 2 N–H and O–H groups in total. The standard InChI is InChI=1S/C26H25ClN4O3/c27-21-6-3-5-19-24(21)30(15-17-9-11-18(12-10-17)31-14-4-13-28-31)16-20(25(19)33)26(34)29-22-7-1-2-8-23(22)32/h3-6,9-14,16,22-23,32H,1-2,7-8,15H2,(H,29,34)/t22?,23-/m0/s1. The van der Waals surface area contributed by atoms with E-state index in [0.717, 1.165) is 24.1 Å². The number of hydrogen-bond donors (Lipinski definition) is 2. The van der Waals surface area contributed by atoms with E-state index in [4.69, 9.17) is 11.6 Å². The lowest BCUT2D eigenvalue weighted by Crippen LogP contribution is -2.46. The zero-order valence-corrected chi connectivity index (χ0v) is 19.3. The first kappa shape index (κ1) is 22.4. The topological polar surface area (TPSA) is 89.2 Å². The number of para-hydroxylation sites is 1. The van der Waals surface area contributed by atoms with E-state index in [1.807, 2.05) is 41.1 Å². The number of amides is 1. The first-order chi connectivity index (χ1) is 16.5. The highest BCUT2D eigenvalue weighted by atomic mass is 35.5. The molecule has 0 radical (unpaired) electrons. The van der Waals surface area contributed by atoms with Crippen LogP contribution in [0, 0.1) is 0 Å². The number of aliphatic hydroxyl groups excluding tert-OH is 1. The maximum atomic E-state index is 13.2. The van der Waals surface area contributed by atoms with E-state index in [9.17, 15) is 14.7 Å². The Bertz CT molecular complexity index is 1380. The van der Waals surface area contributed by atoms with Crippen molar-refractivity contribution in [1.82, 2.24) is 19.7 Å². The number of hydrogen-bond acceptors (Lipinski definition) is 4. The second-order valence-electron chi connectivity index (χ2n) is 8.68. The number of rotatable bonds is 5. The summed E-state index contributed by atoms with van der Waals surface area (Å²) in [6, 6.07) is 14.5. The van der Waals surface area contributed by atoms with E-state index >= 15 is 0 Å². The second-order valence-corrected chi connectivity index (χ2v) is 9.09. The van der Waals surface area contributed by atoms with Crippen molar-refractivity contribution < 1.29 is 9.90 Å². The summed E-state index contributed by atoms with van der Waals surface area (Å²) in [6.07, 6.45) is 7.80. The molecule has 4 aromatic rings. The van der Waals surface area contributed by atoms with Crippen LogP contribution in [0.1, 0.15) is 41.6 Å². The Morgan fingerprint density at radius 1 is 1.12 bits per heavy atom. The van der Waals surface area contributed by atoms with Crippen molar-refractivity contribution in [2.24, 2.45) is 0 Å². The minimum atomic E-state index is -0.594. The van der Waals surface area contributed by atoms with E-state index < -0.39 is 12.0 Å². The molecule has 1 amide bonds. The number of nitrogens with zero attached hydrogens (tertiary/aromatic N) is 3. The summed E-state index contributed by atoms with van der Waals surface area (Å²) in [4.78, 5) is 26.3. The van der Waals surface area contributed by atoms with Gasteiger partial charge < -0.3 is 15.0 Å². The Labute approximate surface area is 201 Å². The van der Waals surface area contributed by atoms with Gasteiger partial charge in [-0.3, -0.25) is 9.59 Å². The van der Waals surface area contributed by atoms with Crippen LogP contribution in [0.4, 0.5) is 0 Å². The molecule has 1 saturated carbocycles. The second kappa shape index (κ2) is 9.44. The van der Waals surface area contributed by atoms with Crippen molar-refractivity contribution in [3.63, 3.8) is 0 Å². The fourth-order valence-corrected chi connectivity index (χ4v) is 4.88. The van der Waals surface area contributed by atoms with Gasteiger partial charge in [0.2, 0.25) is 5.43 Å². The number of pyridine rings is 1. The normalized spacial score (nSPS) is 18.2. The highest BCUT2D eigenvalue weighted by molar-refractivity contribution is 6.35. The van der Waals surface area contributed by atoms with Crippen LogP contribution in [0.15, 0.2) is 71.9 Å². The number of carbonyl (C=O) groups excluding carboxylic acids is 1. The van der Waals surface area contributed by atoms with Crippen molar-refractivity contribution in [3.8, 4) is 5.69 Å². The third kappa shape index (κ3) is 4.36. The lowest BCUT2D eigenvalue weighted by molar-refractivity contribution is 0.0716. The van der Waals surface area contributed by atoms with Crippen LogP contribution < -0.4 is 10.7 Å². The van der Waals surface area contributed by atoms with E-state index in [-0.39, 0.29) is 17.0 Å². The lowest BCUT2D eigenvalue weighted by atomic mass is 9.92. The third-order valence-corrected chi connectivity index (χ3v) is 6.70. The fourth-order valence-electron chi connectivity index (χ4n) is 4.60. The van der Waals surface area contributed by atoms with Crippen LogP contribution in [0.3, 0.4) is 0 Å². The predicted octanol–water partition coefficient (Wildman–Crippen LogP) is 3.92. The summed E-state index contributed by atoms with van der Waals surface area (Å²) < 4.78 is 3.62. The van der Waals surface area contributed by atoms with Crippen LogP contribution in [-0.4, -0.2) is 37.5 Å². The van der Waals surface area contributed by atoms with Crippen molar-refractivity contribution in [3.05, 3.63) is 93.5 Å². The Morgan fingerprint density at radius 3 is 2.65 bits per heavy atom. The summed E-state index contributed by atoms with van der Waals surface area (Å²) in [7, 11) is 0. The summed E-state index contributed by atoms with van der Waals surface area (Å²) in [5, 5.41) is 18.2. The van der Waals surface area contributed by atoms with Crippen molar-refractivity contribution in [2.45, 2.75) is 44.4 Å². The maximum absolute atomic E-state index is 13.2. The van der Waals surface area contributed by atoms with E-state index in [1.165, 1.54) is 0 Å². The molecule has 2 aromatic heterocycles. The van der Waals surface area contributed by atoms with Crippen molar-refractivity contribution in [1.29, 1.82) is 0 Å². The molecule has 2 heterocycles. The number of fused-ring (bicyclic) bond motifs is 1. The first-order valence-corrected chi connectivity index (χ1v) is 11.8. The Hall–Kier alpha value is -3.42. The van der Waals surface area contributed by atoms with Crippen molar-refractivity contribution >= 4 is 28.4 Å². The number of nitrogens with one attached hydrogen (secondary N) is 1. The molecule has 1 aliphatic carbocycles. The van der Waals surface area contributed by atoms with Gasteiger partial charge in [0.25, 0.3) is 5.91 Å². The van der Waals surface area contributed by atoms with Gasteiger partial charge in [0.1, 0.15) is 5.56 Å². The van der Waals surface area contributed by atoms with Gasteiger partial charge in [-0.25, -0.2) is 4.68 Å². The average Bonchev–Trinajstić information content (AvgIpc) is 3.38. The number of carbonyl (C=O) groups is 1. The molecule has 2 atom stereocenters. The molecule has 174 valence electrons. The summed E-state index contributed by atoms with van der Waals surface area (Å²) in [5.74, 6) is -0.472. The number of aliphatic hydroxyl groups is 1. The molecular formula is C26H25ClN4O3. The molecule has 1 unspecified atom stereocenters. The van der Waals surface area contributed by atoms with E-state index in [0.29, 0.717) is 35.3 Å². The molecule has 0 saturated heterocycles. The Morgan fingerprint density at radius 2 is 1.91 bits per heavy atom. The van der Waals surface area contributed by atoms with E-state index in [1.54, 1.807) is 35.3 Å². The maximum Gasteiger partial charge on any atom is 0.257 e. The molecule has 0 bridgehead atoms. The highest BCUT2D eigenvalue weighted by Gasteiger charge is 2.26. The molecule has 34 heavy (non-hydrogen) atoms. The van der Waals surface area contributed by atoms with Gasteiger partial charge in [-0.05, 0) is 48.7 Å². The van der Waals surface area contributed by atoms with Gasteiger partial charge in [-0.15, -0.1) is 0 Å². The van der Waals surface area contributed by atoms with Gasteiger partial charge in [-0.1, -0.05) is 42.6 Å². The zero-order chi connectivity index (χ0) is 23.7. The number of aromatic nitrogens is 3. The minimum absolute atomic E-state index is 0.0423. The largest absolute Gasteiger partial charge is 0.391 e. The smallest absolute Gasteiger partial charge is 0.257 e. The summed E-state index contributed by atoms with van der Waals surface area (Å²) >= 11 is 6.49. The quantitative estimate of drug-likeness (QED) is 0.457. The third-order valence-electron chi connectivity index (χ3n) is 6.40. The molecule has 1 fully saturated rings. The number of halogens is 1. The van der Waals surface area contributed by atoms with Crippen LogP contribution >= 0.6 is 11.6 Å².